The molecule has 0 aromatic heterocycles. The zero-order valence-electron chi connectivity index (χ0n) is 8.61. The van der Waals surface area contributed by atoms with E-state index in [1.165, 1.54) is 5.57 Å². The Labute approximate surface area is 85.5 Å². The van der Waals surface area contributed by atoms with Gasteiger partial charge < -0.3 is 0 Å². The molecule has 2 heteroatoms. The lowest BCUT2D eigenvalue weighted by atomic mass is 10.1. The van der Waals surface area contributed by atoms with Crippen molar-refractivity contribution >= 4 is 12.4 Å². The molecular formula is C12H16N2. The van der Waals surface area contributed by atoms with Crippen LogP contribution in [-0.4, -0.2) is 19.0 Å². The molecule has 1 aliphatic rings. The number of hydrogen-bond acceptors (Lipinski definition) is 2. The monoisotopic (exact) mass is 188 g/mol. The Morgan fingerprint density at radius 1 is 1.50 bits per heavy atom. The second-order valence-corrected chi connectivity index (χ2v) is 3.24. The Bertz CT molecular complexity index is 306. The van der Waals surface area contributed by atoms with Gasteiger partial charge in [-0.15, -0.1) is 0 Å². The maximum Gasteiger partial charge on any atom is 0.0572 e. The fraction of sp³-hybridized carbons (Fsp3) is 0.333. The number of rotatable bonds is 2. The van der Waals surface area contributed by atoms with Gasteiger partial charge in [-0.1, -0.05) is 24.3 Å². The Hall–Kier alpha value is -1.44. The molecule has 0 aromatic carbocycles. The largest absolute Gasteiger partial charge is 0.289 e. The van der Waals surface area contributed by atoms with E-state index in [-0.39, 0.29) is 0 Å². The second-order valence-electron chi connectivity index (χ2n) is 3.24. The Balaban J connectivity index is 2.70. The molecule has 0 radical (unpaired) electrons. The van der Waals surface area contributed by atoms with Crippen LogP contribution in [0, 0.1) is 0 Å². The van der Waals surface area contributed by atoms with E-state index >= 15 is 0 Å². The van der Waals surface area contributed by atoms with Crippen molar-refractivity contribution in [1.82, 2.24) is 0 Å². The van der Waals surface area contributed by atoms with E-state index in [2.05, 4.69) is 29.6 Å². The summed E-state index contributed by atoms with van der Waals surface area (Å²) in [6.07, 6.45) is 11.4. The van der Waals surface area contributed by atoms with Gasteiger partial charge in [0, 0.05) is 18.1 Å². The minimum absolute atomic E-state index is 0.779. The van der Waals surface area contributed by atoms with E-state index in [1.807, 2.05) is 12.3 Å². The van der Waals surface area contributed by atoms with Crippen LogP contribution in [0.3, 0.4) is 0 Å². The van der Waals surface area contributed by atoms with Crippen molar-refractivity contribution in [2.45, 2.75) is 19.8 Å². The van der Waals surface area contributed by atoms with E-state index in [1.54, 1.807) is 12.3 Å². The van der Waals surface area contributed by atoms with Crippen molar-refractivity contribution in [3.8, 4) is 0 Å². The Kier molecular flexibility index (Phi) is 4.62. The lowest BCUT2D eigenvalue weighted by molar-refractivity contribution is 0.911. The molecule has 1 heterocycles. The van der Waals surface area contributed by atoms with Gasteiger partial charge in [0.15, 0.2) is 0 Å². The average Bonchev–Trinajstić information content (AvgIpc) is 2.28. The number of nitrogens with zero attached hydrogens (tertiary/aromatic N) is 2. The van der Waals surface area contributed by atoms with Gasteiger partial charge in [-0.3, -0.25) is 9.98 Å². The molecule has 0 aromatic rings. The third kappa shape index (κ3) is 3.99. The molecule has 0 saturated heterocycles. The van der Waals surface area contributed by atoms with E-state index in [0.717, 1.165) is 25.1 Å². The summed E-state index contributed by atoms with van der Waals surface area (Å²) < 4.78 is 0. The first kappa shape index (κ1) is 10.6. The van der Waals surface area contributed by atoms with Crippen LogP contribution in [-0.2, 0) is 0 Å². The molecular weight excluding hydrogens is 172 g/mol. The van der Waals surface area contributed by atoms with Crippen LogP contribution < -0.4 is 0 Å². The summed E-state index contributed by atoms with van der Waals surface area (Å²) in [5.74, 6) is 0. The van der Waals surface area contributed by atoms with Crippen LogP contribution in [0.4, 0.5) is 0 Å². The lowest BCUT2D eigenvalue weighted by Crippen LogP contribution is -1.83. The van der Waals surface area contributed by atoms with Crippen LogP contribution in [0.15, 0.2) is 46.1 Å². The topological polar surface area (TPSA) is 24.7 Å². The average molecular weight is 188 g/mol. The highest BCUT2D eigenvalue weighted by atomic mass is 14.7. The van der Waals surface area contributed by atoms with E-state index < -0.39 is 0 Å². The third-order valence-electron chi connectivity index (χ3n) is 2.04. The molecule has 0 amide bonds. The second kappa shape index (κ2) is 6.08. The molecule has 1 rings (SSSR count). The molecule has 0 aliphatic carbocycles. The first-order valence-corrected chi connectivity index (χ1v) is 4.82. The Morgan fingerprint density at radius 3 is 3.14 bits per heavy atom. The summed E-state index contributed by atoms with van der Waals surface area (Å²) >= 11 is 0. The molecule has 14 heavy (non-hydrogen) atoms. The fourth-order valence-electron chi connectivity index (χ4n) is 1.17. The van der Waals surface area contributed by atoms with Gasteiger partial charge in [-0.25, -0.2) is 0 Å². The fourth-order valence-corrected chi connectivity index (χ4v) is 1.17. The predicted octanol–water partition coefficient (Wildman–Crippen LogP) is 2.94. The van der Waals surface area contributed by atoms with Gasteiger partial charge >= 0.3 is 0 Å². The highest BCUT2D eigenvalue weighted by Crippen LogP contribution is 2.12. The third-order valence-corrected chi connectivity index (χ3v) is 2.04. The highest BCUT2D eigenvalue weighted by molar-refractivity contribution is 5.75. The molecule has 0 N–H and O–H groups in total. The van der Waals surface area contributed by atoms with Crippen molar-refractivity contribution in [3.05, 3.63) is 36.1 Å². The highest BCUT2D eigenvalue weighted by Gasteiger charge is 1.96. The molecule has 1 aliphatic heterocycles. The van der Waals surface area contributed by atoms with Gasteiger partial charge in [-0.2, -0.15) is 0 Å². The Morgan fingerprint density at radius 2 is 2.36 bits per heavy atom. The van der Waals surface area contributed by atoms with Gasteiger partial charge in [0.05, 0.1) is 6.54 Å². The van der Waals surface area contributed by atoms with Crippen molar-refractivity contribution < 1.29 is 0 Å². The van der Waals surface area contributed by atoms with Crippen LogP contribution in [0.5, 0.6) is 0 Å². The summed E-state index contributed by atoms with van der Waals surface area (Å²) in [5, 5.41) is 0. The molecule has 0 saturated carbocycles. The molecule has 0 fully saturated rings. The number of allylic oxidation sites excluding steroid dienone is 4. The molecule has 0 unspecified atom stereocenters. The van der Waals surface area contributed by atoms with Crippen LogP contribution in [0.2, 0.25) is 0 Å². The maximum atomic E-state index is 4.28. The molecule has 74 valence electrons. The van der Waals surface area contributed by atoms with Gasteiger partial charge in [-0.05, 0) is 25.8 Å². The van der Waals surface area contributed by atoms with Crippen molar-refractivity contribution in [2.24, 2.45) is 9.98 Å². The van der Waals surface area contributed by atoms with Gasteiger partial charge in [0.2, 0.25) is 0 Å². The smallest absolute Gasteiger partial charge is 0.0572 e. The first-order valence-electron chi connectivity index (χ1n) is 4.82. The minimum atomic E-state index is 0.779. The number of aliphatic imine (C=N–C) groups is 2. The quantitative estimate of drug-likeness (QED) is 0.470. The van der Waals surface area contributed by atoms with E-state index in [4.69, 9.17) is 0 Å². The summed E-state index contributed by atoms with van der Waals surface area (Å²) in [7, 11) is 0. The van der Waals surface area contributed by atoms with E-state index in [0.29, 0.717) is 0 Å². The SMILES string of the molecule is C=CC=N/C1=C/C=NC/C=C(/C)CC1. The normalized spacial score (nSPS) is 25.5. The summed E-state index contributed by atoms with van der Waals surface area (Å²) in [6, 6.07) is 0. The van der Waals surface area contributed by atoms with Crippen LogP contribution in [0.1, 0.15) is 19.8 Å². The molecule has 0 atom stereocenters. The molecule has 0 bridgehead atoms. The van der Waals surface area contributed by atoms with Crippen molar-refractivity contribution in [1.29, 1.82) is 0 Å². The zero-order valence-corrected chi connectivity index (χ0v) is 8.61. The summed E-state index contributed by atoms with van der Waals surface area (Å²) in [4.78, 5) is 8.50. The van der Waals surface area contributed by atoms with Crippen LogP contribution in [0.25, 0.3) is 0 Å². The summed E-state index contributed by atoms with van der Waals surface area (Å²) in [6.45, 7) is 6.51. The van der Waals surface area contributed by atoms with E-state index in [9.17, 15) is 0 Å². The van der Waals surface area contributed by atoms with Crippen molar-refractivity contribution in [2.75, 3.05) is 6.54 Å². The number of hydrogen-bond donors (Lipinski definition) is 0. The molecule has 0 spiro atoms. The summed E-state index contributed by atoms with van der Waals surface area (Å²) in [5.41, 5.74) is 2.44. The van der Waals surface area contributed by atoms with Crippen molar-refractivity contribution in [3.63, 3.8) is 0 Å². The minimum Gasteiger partial charge on any atom is -0.289 e. The van der Waals surface area contributed by atoms with Crippen LogP contribution >= 0.6 is 0 Å². The zero-order chi connectivity index (χ0) is 10.2. The van der Waals surface area contributed by atoms with Gasteiger partial charge in [0.25, 0.3) is 0 Å². The standard InChI is InChI=1S/C12H16N2/c1-3-8-14-12-5-4-11(2)6-9-13-10-7-12/h3,6-8,10H,1,4-5,9H2,2H3/b11-6-,12-7+,13-10?,14-8?. The van der Waals surface area contributed by atoms with Gasteiger partial charge in [0.1, 0.15) is 0 Å². The molecule has 2 nitrogen and oxygen atoms in total. The predicted molar refractivity (Wildman–Crippen MR) is 63.1 cm³/mol. The maximum absolute atomic E-state index is 4.28. The first-order chi connectivity index (χ1) is 6.83. The lowest BCUT2D eigenvalue weighted by Gasteiger charge is -2.00.